The Morgan fingerprint density at radius 1 is 1.10 bits per heavy atom. The van der Waals surface area contributed by atoms with Crippen molar-refractivity contribution in [3.05, 3.63) is 18.2 Å². The van der Waals surface area contributed by atoms with Crippen molar-refractivity contribution in [2.24, 2.45) is 5.41 Å². The lowest BCUT2D eigenvalue weighted by molar-refractivity contribution is 0.164. The summed E-state index contributed by atoms with van der Waals surface area (Å²) in [5.41, 5.74) is 0.180. The van der Waals surface area contributed by atoms with Crippen LogP contribution in [0.5, 0.6) is 17.2 Å². The molecule has 0 spiro atoms. The van der Waals surface area contributed by atoms with Crippen LogP contribution in [-0.2, 0) is 0 Å². The molecule has 0 atom stereocenters. The molecule has 0 radical (unpaired) electrons. The second-order valence-corrected chi connectivity index (χ2v) is 7.07. The zero-order chi connectivity index (χ0) is 14.8. The summed E-state index contributed by atoms with van der Waals surface area (Å²) in [5.74, 6) is 2.36. The summed E-state index contributed by atoms with van der Waals surface area (Å²) < 4.78 is 16.5. The van der Waals surface area contributed by atoms with Crippen LogP contribution in [0.1, 0.15) is 34.6 Å². The summed E-state index contributed by atoms with van der Waals surface area (Å²) in [6.07, 6.45) is 0. The molecule has 0 saturated carbocycles. The van der Waals surface area contributed by atoms with Gasteiger partial charge in [-0.05, 0) is 32.9 Å². The molecule has 4 heteroatoms. The maximum absolute atomic E-state index is 5.89. The summed E-state index contributed by atoms with van der Waals surface area (Å²) in [6.45, 7) is 12.7. The van der Waals surface area contributed by atoms with E-state index in [0.717, 1.165) is 23.8 Å². The van der Waals surface area contributed by atoms with Gasteiger partial charge in [0.1, 0.15) is 5.75 Å². The molecule has 0 aliphatic carbocycles. The molecular weight excluding hydrogens is 254 g/mol. The van der Waals surface area contributed by atoms with Gasteiger partial charge >= 0.3 is 0 Å². The highest BCUT2D eigenvalue weighted by atomic mass is 16.7. The molecule has 112 valence electrons. The Hall–Kier alpha value is -1.42. The van der Waals surface area contributed by atoms with Gasteiger partial charge in [-0.25, -0.2) is 0 Å². The first-order valence-electron chi connectivity index (χ1n) is 7.03. The van der Waals surface area contributed by atoms with Gasteiger partial charge in [0.25, 0.3) is 0 Å². The predicted octanol–water partition coefficient (Wildman–Crippen LogP) is 3.21. The lowest BCUT2D eigenvalue weighted by Crippen LogP contribution is -2.43. The van der Waals surface area contributed by atoms with Crippen molar-refractivity contribution in [1.29, 1.82) is 0 Å². The van der Waals surface area contributed by atoms with E-state index in [9.17, 15) is 0 Å². The maximum Gasteiger partial charge on any atom is 0.231 e. The van der Waals surface area contributed by atoms with Crippen molar-refractivity contribution < 1.29 is 14.2 Å². The van der Waals surface area contributed by atoms with Gasteiger partial charge < -0.3 is 19.5 Å². The lowest BCUT2D eigenvalue weighted by Gasteiger charge is -2.30. The third kappa shape index (κ3) is 4.30. The lowest BCUT2D eigenvalue weighted by atomic mass is 9.93. The molecule has 1 aromatic rings. The molecule has 1 N–H and O–H groups in total. The highest BCUT2D eigenvalue weighted by molar-refractivity contribution is 5.46. The van der Waals surface area contributed by atoms with Crippen LogP contribution in [0.25, 0.3) is 0 Å². The molecule has 0 amide bonds. The van der Waals surface area contributed by atoms with Crippen LogP contribution in [-0.4, -0.2) is 25.5 Å². The molecule has 1 aliphatic heterocycles. The maximum atomic E-state index is 5.89. The van der Waals surface area contributed by atoms with Gasteiger partial charge in [-0.2, -0.15) is 0 Å². The monoisotopic (exact) mass is 279 g/mol. The molecule has 0 bridgehead atoms. The second kappa shape index (κ2) is 5.52. The SMILES string of the molecule is CC(C)(CNC(C)(C)C)COc1ccc2c(c1)OCO2. The molecule has 0 saturated heterocycles. The first kappa shape index (κ1) is 15.0. The largest absolute Gasteiger partial charge is 0.493 e. The molecule has 4 nitrogen and oxygen atoms in total. The Balaban J connectivity index is 1.87. The molecule has 1 aromatic carbocycles. The fourth-order valence-corrected chi connectivity index (χ4v) is 1.80. The molecule has 1 aliphatic rings. The number of rotatable bonds is 5. The standard InChI is InChI=1S/C16H25NO3/c1-15(2,3)17-9-16(4,5)10-18-12-6-7-13-14(8-12)20-11-19-13/h6-8,17H,9-11H2,1-5H3. The Labute approximate surface area is 121 Å². The minimum Gasteiger partial charge on any atom is -0.493 e. The van der Waals surface area contributed by atoms with Crippen molar-refractivity contribution >= 4 is 0 Å². The third-order valence-corrected chi connectivity index (χ3v) is 3.07. The van der Waals surface area contributed by atoms with Gasteiger partial charge in [-0.1, -0.05) is 13.8 Å². The fourth-order valence-electron chi connectivity index (χ4n) is 1.80. The first-order valence-corrected chi connectivity index (χ1v) is 7.03. The molecule has 0 fully saturated rings. The average Bonchev–Trinajstić information content (AvgIpc) is 2.81. The summed E-state index contributed by atoms with van der Waals surface area (Å²) in [7, 11) is 0. The van der Waals surface area contributed by atoms with E-state index < -0.39 is 0 Å². The topological polar surface area (TPSA) is 39.7 Å². The van der Waals surface area contributed by atoms with E-state index >= 15 is 0 Å². The summed E-state index contributed by atoms with van der Waals surface area (Å²) in [4.78, 5) is 0. The Kier molecular flexibility index (Phi) is 4.14. The zero-order valence-electron chi connectivity index (χ0n) is 13.1. The van der Waals surface area contributed by atoms with Crippen LogP contribution in [0.4, 0.5) is 0 Å². The van der Waals surface area contributed by atoms with Crippen molar-refractivity contribution in [2.75, 3.05) is 19.9 Å². The highest BCUT2D eigenvalue weighted by Gasteiger charge is 2.22. The van der Waals surface area contributed by atoms with Crippen LogP contribution in [0.15, 0.2) is 18.2 Å². The van der Waals surface area contributed by atoms with E-state index in [1.54, 1.807) is 0 Å². The van der Waals surface area contributed by atoms with Gasteiger partial charge in [0.15, 0.2) is 11.5 Å². The minimum absolute atomic E-state index is 0.0592. The van der Waals surface area contributed by atoms with E-state index in [4.69, 9.17) is 14.2 Å². The number of nitrogens with one attached hydrogen (secondary N) is 1. The third-order valence-electron chi connectivity index (χ3n) is 3.07. The van der Waals surface area contributed by atoms with E-state index in [1.807, 2.05) is 18.2 Å². The molecule has 20 heavy (non-hydrogen) atoms. The predicted molar refractivity (Wildman–Crippen MR) is 79.6 cm³/mol. The van der Waals surface area contributed by atoms with Crippen LogP contribution in [0.2, 0.25) is 0 Å². The molecule has 1 heterocycles. The van der Waals surface area contributed by atoms with E-state index in [-0.39, 0.29) is 11.0 Å². The Morgan fingerprint density at radius 3 is 2.50 bits per heavy atom. The van der Waals surface area contributed by atoms with Gasteiger partial charge in [0.2, 0.25) is 6.79 Å². The van der Waals surface area contributed by atoms with Crippen molar-refractivity contribution in [3.8, 4) is 17.2 Å². The average molecular weight is 279 g/mol. The molecule has 0 aromatic heterocycles. The van der Waals surface area contributed by atoms with Crippen LogP contribution >= 0.6 is 0 Å². The summed E-state index contributed by atoms with van der Waals surface area (Å²) >= 11 is 0. The summed E-state index contributed by atoms with van der Waals surface area (Å²) in [5, 5.41) is 3.52. The number of ether oxygens (including phenoxy) is 3. The van der Waals surface area contributed by atoms with E-state index in [1.165, 1.54) is 0 Å². The Bertz CT molecular complexity index is 463. The number of fused-ring (bicyclic) bond motifs is 1. The highest BCUT2D eigenvalue weighted by Crippen LogP contribution is 2.35. The van der Waals surface area contributed by atoms with Crippen molar-refractivity contribution in [1.82, 2.24) is 5.32 Å². The van der Waals surface area contributed by atoms with Crippen molar-refractivity contribution in [2.45, 2.75) is 40.2 Å². The van der Waals surface area contributed by atoms with Gasteiger partial charge in [0.05, 0.1) is 6.61 Å². The number of hydrogen-bond donors (Lipinski definition) is 1. The van der Waals surface area contributed by atoms with Gasteiger partial charge in [-0.15, -0.1) is 0 Å². The van der Waals surface area contributed by atoms with Crippen molar-refractivity contribution in [3.63, 3.8) is 0 Å². The molecule has 2 rings (SSSR count). The van der Waals surface area contributed by atoms with Crippen LogP contribution in [0.3, 0.4) is 0 Å². The minimum atomic E-state index is 0.0592. The van der Waals surface area contributed by atoms with Gasteiger partial charge in [0, 0.05) is 23.6 Å². The number of benzene rings is 1. The first-order chi connectivity index (χ1) is 9.25. The number of hydrogen-bond acceptors (Lipinski definition) is 4. The Morgan fingerprint density at radius 2 is 1.80 bits per heavy atom. The summed E-state index contributed by atoms with van der Waals surface area (Å²) in [6, 6.07) is 5.69. The van der Waals surface area contributed by atoms with Crippen LogP contribution in [0, 0.1) is 5.41 Å². The smallest absolute Gasteiger partial charge is 0.231 e. The van der Waals surface area contributed by atoms with E-state index in [2.05, 4.69) is 39.9 Å². The molecule has 0 unspecified atom stereocenters. The van der Waals surface area contributed by atoms with Crippen LogP contribution < -0.4 is 19.5 Å². The van der Waals surface area contributed by atoms with E-state index in [0.29, 0.717) is 13.4 Å². The second-order valence-electron chi connectivity index (χ2n) is 7.07. The normalized spacial score (nSPS) is 14.4. The molecular formula is C16H25NO3. The van der Waals surface area contributed by atoms with Gasteiger partial charge in [-0.3, -0.25) is 0 Å². The quantitative estimate of drug-likeness (QED) is 0.898. The fraction of sp³-hybridized carbons (Fsp3) is 0.625. The zero-order valence-corrected chi connectivity index (χ0v) is 13.1.